The fourth-order valence-corrected chi connectivity index (χ4v) is 2.79. The Labute approximate surface area is 119 Å². The monoisotopic (exact) mass is 325 g/mol. The van der Waals surface area contributed by atoms with E-state index in [1.165, 1.54) is 0 Å². The third-order valence-electron chi connectivity index (χ3n) is 3.31. The third kappa shape index (κ3) is 1.71. The molecule has 4 nitrogen and oxygen atoms in total. The van der Waals surface area contributed by atoms with E-state index < -0.39 is 5.60 Å². The number of nitrogens with zero attached hydrogens (tertiary/aromatic N) is 3. The first-order valence-corrected chi connectivity index (χ1v) is 6.86. The smallest absolute Gasteiger partial charge is 0.187 e. The fourth-order valence-electron chi connectivity index (χ4n) is 2.25. The Bertz CT molecular complexity index is 595. The largest absolute Gasteiger partial charge is 0.362 e. The molecule has 0 N–H and O–H groups in total. The average Bonchev–Trinajstić information content (AvgIpc) is 2.60. The molecule has 0 saturated carbocycles. The van der Waals surface area contributed by atoms with Crippen molar-refractivity contribution in [2.45, 2.75) is 17.2 Å². The average molecular weight is 326 g/mol. The summed E-state index contributed by atoms with van der Waals surface area (Å²) in [5.74, 6) is 0.803. The molecule has 18 heavy (non-hydrogen) atoms. The lowest BCUT2D eigenvalue weighted by molar-refractivity contribution is -0.131. The molecular weight excluding hydrogens is 314 g/mol. The molecule has 0 bridgehead atoms. The minimum atomic E-state index is -0.480. The quantitative estimate of drug-likeness (QED) is 0.862. The second-order valence-electron chi connectivity index (χ2n) is 4.32. The van der Waals surface area contributed by atoms with Gasteiger partial charge in [0.15, 0.2) is 16.6 Å². The van der Waals surface area contributed by atoms with Gasteiger partial charge in [-0.05, 0) is 17.7 Å². The van der Waals surface area contributed by atoms with Crippen LogP contribution in [-0.2, 0) is 17.4 Å². The minimum absolute atomic E-state index is 0.480. The molecule has 1 fully saturated rings. The van der Waals surface area contributed by atoms with Crippen LogP contribution < -0.4 is 0 Å². The van der Waals surface area contributed by atoms with Crippen molar-refractivity contribution in [3.05, 3.63) is 40.1 Å². The third-order valence-corrected chi connectivity index (χ3v) is 4.19. The van der Waals surface area contributed by atoms with Gasteiger partial charge < -0.3 is 9.30 Å². The standard InChI is InChI=1S/C12H12BrN3OS/c1-16-10(14-15-11(16)18)12(5-6-17-12)8-3-2-4-9(13)7-8/h2-4,7H,5-6H2,1H3,(H,15,18). The van der Waals surface area contributed by atoms with Crippen LogP contribution in [0.5, 0.6) is 0 Å². The number of hydrogen-bond donors (Lipinski definition) is 1. The van der Waals surface area contributed by atoms with Crippen molar-refractivity contribution >= 4 is 28.6 Å². The van der Waals surface area contributed by atoms with E-state index in [9.17, 15) is 0 Å². The van der Waals surface area contributed by atoms with E-state index in [-0.39, 0.29) is 0 Å². The summed E-state index contributed by atoms with van der Waals surface area (Å²) >= 11 is 7.76. The zero-order chi connectivity index (χ0) is 12.8. The van der Waals surface area contributed by atoms with Gasteiger partial charge in [0.25, 0.3) is 0 Å². The maximum Gasteiger partial charge on any atom is 0.187 e. The number of hydrogen-bond acceptors (Lipinski definition) is 4. The molecule has 0 radical (unpaired) electrons. The molecule has 2 aromatic rings. The van der Waals surface area contributed by atoms with Gasteiger partial charge in [0.1, 0.15) is 0 Å². The second-order valence-corrected chi connectivity index (χ2v) is 5.63. The molecule has 0 spiro atoms. The topological polar surface area (TPSA) is 39.9 Å². The van der Waals surface area contributed by atoms with Crippen LogP contribution in [0.4, 0.5) is 0 Å². The van der Waals surface area contributed by atoms with Gasteiger partial charge in [0, 0.05) is 17.9 Å². The molecule has 1 saturated heterocycles. The van der Waals surface area contributed by atoms with Gasteiger partial charge in [0.05, 0.1) is 6.61 Å². The number of benzene rings is 1. The molecule has 0 amide bonds. The first-order chi connectivity index (χ1) is 8.63. The van der Waals surface area contributed by atoms with Gasteiger partial charge in [-0.3, -0.25) is 0 Å². The Morgan fingerprint density at radius 1 is 1.44 bits per heavy atom. The van der Waals surface area contributed by atoms with E-state index in [0.29, 0.717) is 5.16 Å². The van der Waals surface area contributed by atoms with Crippen LogP contribution >= 0.6 is 28.6 Å². The van der Waals surface area contributed by atoms with Gasteiger partial charge in [-0.25, -0.2) is 0 Å². The molecule has 1 aliphatic heterocycles. The van der Waals surface area contributed by atoms with Crippen molar-refractivity contribution < 1.29 is 4.74 Å². The van der Waals surface area contributed by atoms with Crippen molar-refractivity contribution in [1.82, 2.24) is 14.8 Å². The Morgan fingerprint density at radius 2 is 2.22 bits per heavy atom. The van der Waals surface area contributed by atoms with Gasteiger partial charge in [-0.15, -0.1) is 22.8 Å². The van der Waals surface area contributed by atoms with Crippen LogP contribution in [-0.4, -0.2) is 21.4 Å². The summed E-state index contributed by atoms with van der Waals surface area (Å²) in [6, 6.07) is 8.11. The van der Waals surface area contributed by atoms with E-state index in [1.54, 1.807) is 0 Å². The van der Waals surface area contributed by atoms with E-state index in [0.717, 1.165) is 28.9 Å². The predicted molar refractivity (Wildman–Crippen MR) is 73.7 cm³/mol. The highest BCUT2D eigenvalue weighted by Crippen LogP contribution is 2.43. The molecule has 0 aliphatic carbocycles. The fraction of sp³-hybridized carbons (Fsp3) is 0.333. The Balaban J connectivity index is 2.13. The lowest BCUT2D eigenvalue weighted by Gasteiger charge is -2.41. The van der Waals surface area contributed by atoms with Crippen LogP contribution in [0.1, 0.15) is 17.8 Å². The highest BCUT2D eigenvalue weighted by atomic mass is 79.9. The molecule has 2 heterocycles. The summed E-state index contributed by atoms with van der Waals surface area (Å²) in [7, 11) is 1.90. The van der Waals surface area contributed by atoms with E-state index in [2.05, 4.69) is 50.9 Å². The zero-order valence-corrected chi connectivity index (χ0v) is 12.3. The van der Waals surface area contributed by atoms with E-state index in [1.807, 2.05) is 23.7 Å². The number of rotatable bonds is 2. The van der Waals surface area contributed by atoms with E-state index >= 15 is 0 Å². The summed E-state index contributed by atoms with van der Waals surface area (Å²) in [6.45, 7) is 0.737. The highest BCUT2D eigenvalue weighted by Gasteiger charge is 2.46. The first kappa shape index (κ1) is 12.2. The minimum Gasteiger partial charge on any atom is -0.362 e. The normalized spacial score (nSPS) is 22.8. The number of thiol groups is 1. The van der Waals surface area contributed by atoms with Crippen LogP contribution in [0.2, 0.25) is 0 Å². The number of ether oxygens (including phenoxy) is 1. The Kier molecular flexibility index (Phi) is 2.96. The van der Waals surface area contributed by atoms with Crippen molar-refractivity contribution in [2.75, 3.05) is 6.61 Å². The number of aromatic nitrogens is 3. The van der Waals surface area contributed by atoms with Crippen LogP contribution in [0.15, 0.2) is 33.9 Å². The van der Waals surface area contributed by atoms with Crippen LogP contribution in [0.3, 0.4) is 0 Å². The number of halogens is 1. The molecule has 3 rings (SSSR count). The Hall–Kier alpha value is -0.850. The van der Waals surface area contributed by atoms with Crippen molar-refractivity contribution in [3.63, 3.8) is 0 Å². The molecule has 1 aromatic carbocycles. The van der Waals surface area contributed by atoms with Gasteiger partial charge in [-0.2, -0.15) is 0 Å². The highest BCUT2D eigenvalue weighted by molar-refractivity contribution is 9.10. The molecule has 1 atom stereocenters. The zero-order valence-electron chi connectivity index (χ0n) is 9.80. The first-order valence-electron chi connectivity index (χ1n) is 5.62. The molecule has 1 aliphatic rings. The lowest BCUT2D eigenvalue weighted by Crippen LogP contribution is -2.44. The summed E-state index contributed by atoms with van der Waals surface area (Å²) in [5, 5.41) is 8.80. The molecule has 1 aromatic heterocycles. The SMILES string of the molecule is Cn1c(S)nnc1C1(c2cccc(Br)c2)CCO1. The molecule has 94 valence electrons. The molecule has 6 heteroatoms. The predicted octanol–water partition coefficient (Wildman–Crippen LogP) is 2.53. The van der Waals surface area contributed by atoms with Crippen molar-refractivity contribution in [3.8, 4) is 0 Å². The van der Waals surface area contributed by atoms with Gasteiger partial charge in [-0.1, -0.05) is 28.1 Å². The van der Waals surface area contributed by atoms with E-state index in [4.69, 9.17) is 4.74 Å². The van der Waals surface area contributed by atoms with Crippen LogP contribution in [0.25, 0.3) is 0 Å². The molecule has 1 unspecified atom stereocenters. The lowest BCUT2D eigenvalue weighted by atomic mass is 9.85. The summed E-state index contributed by atoms with van der Waals surface area (Å²) < 4.78 is 8.76. The Morgan fingerprint density at radius 3 is 2.72 bits per heavy atom. The van der Waals surface area contributed by atoms with Gasteiger partial charge in [0.2, 0.25) is 0 Å². The van der Waals surface area contributed by atoms with Crippen molar-refractivity contribution in [1.29, 1.82) is 0 Å². The maximum absolute atomic E-state index is 5.86. The summed E-state index contributed by atoms with van der Waals surface area (Å²) in [6.07, 6.45) is 0.906. The van der Waals surface area contributed by atoms with Crippen LogP contribution in [0, 0.1) is 0 Å². The summed E-state index contributed by atoms with van der Waals surface area (Å²) in [5.41, 5.74) is 0.610. The second kappa shape index (κ2) is 4.36. The van der Waals surface area contributed by atoms with Gasteiger partial charge >= 0.3 is 0 Å². The summed E-state index contributed by atoms with van der Waals surface area (Å²) in [4.78, 5) is 0. The van der Waals surface area contributed by atoms with Crippen molar-refractivity contribution in [2.24, 2.45) is 7.05 Å². The molecular formula is C12H12BrN3OS. The maximum atomic E-state index is 5.86.